The van der Waals surface area contributed by atoms with Crippen LogP contribution in [0.5, 0.6) is 0 Å². The molecule has 0 unspecified atom stereocenters. The van der Waals surface area contributed by atoms with Gasteiger partial charge in [0, 0.05) is 18.8 Å². The zero-order valence-electron chi connectivity index (χ0n) is 10.8. The summed E-state index contributed by atoms with van der Waals surface area (Å²) in [6, 6.07) is 4.01. The smallest absolute Gasteiger partial charge is 0.129 e. The Hall–Kier alpha value is -1.09. The molecule has 1 aromatic heterocycles. The summed E-state index contributed by atoms with van der Waals surface area (Å²) in [6.07, 6.45) is 3.63. The van der Waals surface area contributed by atoms with Gasteiger partial charge in [-0.05, 0) is 49.8 Å². The Kier molecular flexibility index (Phi) is 4.00. The highest BCUT2D eigenvalue weighted by molar-refractivity contribution is 5.43. The second-order valence-corrected chi connectivity index (χ2v) is 4.82. The van der Waals surface area contributed by atoms with E-state index in [1.807, 2.05) is 12.1 Å². The van der Waals surface area contributed by atoms with Crippen molar-refractivity contribution in [2.24, 2.45) is 5.92 Å². The summed E-state index contributed by atoms with van der Waals surface area (Å²) in [5.74, 6) is 1.89. The van der Waals surface area contributed by atoms with Crippen LogP contribution in [0.3, 0.4) is 0 Å². The fourth-order valence-corrected chi connectivity index (χ4v) is 2.06. The van der Waals surface area contributed by atoms with Crippen LogP contribution >= 0.6 is 0 Å². The summed E-state index contributed by atoms with van der Waals surface area (Å²) < 4.78 is 0. The Morgan fingerprint density at radius 2 is 2.12 bits per heavy atom. The molecule has 3 nitrogen and oxygen atoms in total. The largest absolute Gasteiger partial charge is 0.392 e. The van der Waals surface area contributed by atoms with Crippen molar-refractivity contribution in [1.82, 2.24) is 4.98 Å². The number of pyridine rings is 1. The number of hydrogen-bond donors (Lipinski definition) is 1. The van der Waals surface area contributed by atoms with E-state index in [1.54, 1.807) is 0 Å². The van der Waals surface area contributed by atoms with Gasteiger partial charge in [0.05, 0.1) is 6.61 Å². The molecule has 17 heavy (non-hydrogen) atoms. The normalized spacial score (nSPS) is 15.0. The molecule has 1 aliphatic rings. The third kappa shape index (κ3) is 3.19. The predicted molar refractivity (Wildman–Crippen MR) is 70.1 cm³/mol. The van der Waals surface area contributed by atoms with E-state index in [1.165, 1.54) is 12.8 Å². The zero-order chi connectivity index (χ0) is 12.3. The van der Waals surface area contributed by atoms with Crippen molar-refractivity contribution in [3.8, 4) is 0 Å². The van der Waals surface area contributed by atoms with Crippen molar-refractivity contribution in [2.75, 3.05) is 18.0 Å². The summed E-state index contributed by atoms with van der Waals surface area (Å²) in [7, 11) is 0. The average molecular weight is 234 g/mol. The van der Waals surface area contributed by atoms with Crippen LogP contribution in [0.4, 0.5) is 5.82 Å². The second kappa shape index (κ2) is 5.50. The molecule has 0 amide bonds. The van der Waals surface area contributed by atoms with Crippen LogP contribution in [-0.4, -0.2) is 23.2 Å². The average Bonchev–Trinajstić information content (AvgIpc) is 3.19. The SMILES string of the molecule is CCc1cc(CO)cc(N(CC)CC2CC2)n1. The molecule has 0 spiro atoms. The molecule has 1 N–H and O–H groups in total. The van der Waals surface area contributed by atoms with Crippen LogP contribution in [0.25, 0.3) is 0 Å². The Morgan fingerprint density at radius 1 is 1.35 bits per heavy atom. The van der Waals surface area contributed by atoms with Crippen LogP contribution in [0, 0.1) is 5.92 Å². The van der Waals surface area contributed by atoms with Crippen molar-refractivity contribution in [1.29, 1.82) is 0 Å². The number of aliphatic hydroxyl groups is 1. The summed E-state index contributed by atoms with van der Waals surface area (Å²) >= 11 is 0. The van der Waals surface area contributed by atoms with Crippen molar-refractivity contribution >= 4 is 5.82 Å². The Balaban J connectivity index is 2.20. The number of aryl methyl sites for hydroxylation is 1. The quantitative estimate of drug-likeness (QED) is 0.821. The molecule has 2 rings (SSSR count). The highest BCUT2D eigenvalue weighted by atomic mass is 16.3. The van der Waals surface area contributed by atoms with E-state index in [2.05, 4.69) is 23.7 Å². The molecule has 1 heterocycles. The minimum absolute atomic E-state index is 0.101. The highest BCUT2D eigenvalue weighted by Crippen LogP contribution is 2.31. The van der Waals surface area contributed by atoms with E-state index in [-0.39, 0.29) is 6.61 Å². The molecule has 1 aliphatic carbocycles. The molecule has 3 heteroatoms. The molecule has 0 atom stereocenters. The number of hydrogen-bond acceptors (Lipinski definition) is 3. The van der Waals surface area contributed by atoms with Crippen molar-refractivity contribution in [3.63, 3.8) is 0 Å². The molecule has 1 aromatic rings. The first-order valence-corrected chi connectivity index (χ1v) is 6.62. The minimum Gasteiger partial charge on any atom is -0.392 e. The van der Waals surface area contributed by atoms with E-state index in [0.717, 1.165) is 42.5 Å². The molecule has 0 aliphatic heterocycles. The first-order valence-electron chi connectivity index (χ1n) is 6.62. The van der Waals surface area contributed by atoms with Gasteiger partial charge in [-0.3, -0.25) is 0 Å². The lowest BCUT2D eigenvalue weighted by Crippen LogP contribution is -2.26. The maximum absolute atomic E-state index is 9.28. The molecule has 0 radical (unpaired) electrons. The number of aliphatic hydroxyl groups excluding tert-OH is 1. The fourth-order valence-electron chi connectivity index (χ4n) is 2.06. The fraction of sp³-hybridized carbons (Fsp3) is 0.643. The minimum atomic E-state index is 0.101. The number of aromatic nitrogens is 1. The molecule has 1 fully saturated rings. The van der Waals surface area contributed by atoms with Crippen molar-refractivity contribution in [3.05, 3.63) is 23.4 Å². The van der Waals surface area contributed by atoms with E-state index < -0.39 is 0 Å². The molecule has 1 saturated carbocycles. The Labute approximate surface area is 103 Å². The highest BCUT2D eigenvalue weighted by Gasteiger charge is 2.24. The lowest BCUT2D eigenvalue weighted by Gasteiger charge is -2.23. The monoisotopic (exact) mass is 234 g/mol. The number of nitrogens with zero attached hydrogens (tertiary/aromatic N) is 2. The third-order valence-electron chi connectivity index (χ3n) is 3.35. The summed E-state index contributed by atoms with van der Waals surface area (Å²) in [5, 5.41) is 9.28. The van der Waals surface area contributed by atoms with Gasteiger partial charge in [0.25, 0.3) is 0 Å². The Bertz CT molecular complexity index is 352. The van der Waals surface area contributed by atoms with Gasteiger partial charge in [-0.1, -0.05) is 6.92 Å². The summed E-state index contributed by atoms with van der Waals surface area (Å²) in [6.45, 7) is 6.47. The van der Waals surface area contributed by atoms with Gasteiger partial charge in [0.1, 0.15) is 5.82 Å². The molecule has 0 bridgehead atoms. The Morgan fingerprint density at radius 3 is 2.65 bits per heavy atom. The van der Waals surface area contributed by atoms with Crippen LogP contribution in [0.1, 0.15) is 37.9 Å². The van der Waals surface area contributed by atoms with E-state index in [4.69, 9.17) is 0 Å². The first-order chi connectivity index (χ1) is 8.26. The number of rotatable bonds is 6. The van der Waals surface area contributed by atoms with Gasteiger partial charge in [-0.25, -0.2) is 4.98 Å². The topological polar surface area (TPSA) is 36.4 Å². The van der Waals surface area contributed by atoms with E-state index in [9.17, 15) is 5.11 Å². The van der Waals surface area contributed by atoms with Crippen molar-refractivity contribution in [2.45, 2.75) is 39.7 Å². The maximum Gasteiger partial charge on any atom is 0.129 e. The molecular formula is C14H22N2O. The third-order valence-corrected chi connectivity index (χ3v) is 3.35. The summed E-state index contributed by atoms with van der Waals surface area (Å²) in [4.78, 5) is 7.00. The zero-order valence-corrected chi connectivity index (χ0v) is 10.8. The van der Waals surface area contributed by atoms with Gasteiger partial charge >= 0.3 is 0 Å². The lowest BCUT2D eigenvalue weighted by atomic mass is 10.2. The number of anilines is 1. The molecule has 0 aromatic carbocycles. The maximum atomic E-state index is 9.28. The first kappa shape index (κ1) is 12.4. The van der Waals surface area contributed by atoms with Gasteiger partial charge in [-0.2, -0.15) is 0 Å². The van der Waals surface area contributed by atoms with Crippen LogP contribution in [0.15, 0.2) is 12.1 Å². The summed E-state index contributed by atoms with van der Waals surface area (Å²) in [5.41, 5.74) is 2.04. The van der Waals surface area contributed by atoms with Crippen molar-refractivity contribution < 1.29 is 5.11 Å². The van der Waals surface area contributed by atoms with E-state index in [0.29, 0.717) is 0 Å². The van der Waals surface area contributed by atoms with Gasteiger partial charge in [-0.15, -0.1) is 0 Å². The lowest BCUT2D eigenvalue weighted by molar-refractivity contribution is 0.281. The van der Waals surface area contributed by atoms with Crippen LogP contribution in [-0.2, 0) is 13.0 Å². The van der Waals surface area contributed by atoms with E-state index >= 15 is 0 Å². The van der Waals surface area contributed by atoms with Gasteiger partial charge in [0.2, 0.25) is 0 Å². The predicted octanol–water partition coefficient (Wildman–Crippen LogP) is 2.37. The van der Waals surface area contributed by atoms with Crippen LogP contribution < -0.4 is 4.90 Å². The van der Waals surface area contributed by atoms with Gasteiger partial charge < -0.3 is 10.0 Å². The molecular weight excluding hydrogens is 212 g/mol. The molecule has 94 valence electrons. The van der Waals surface area contributed by atoms with Crippen LogP contribution in [0.2, 0.25) is 0 Å². The van der Waals surface area contributed by atoms with Gasteiger partial charge in [0.15, 0.2) is 0 Å². The standard InChI is InChI=1S/C14H22N2O/c1-3-13-7-12(10-17)8-14(15-13)16(4-2)9-11-5-6-11/h7-8,11,17H,3-6,9-10H2,1-2H3. The molecule has 0 saturated heterocycles. The second-order valence-electron chi connectivity index (χ2n) is 4.82.